The van der Waals surface area contributed by atoms with E-state index in [4.69, 9.17) is 0 Å². The topological polar surface area (TPSA) is 20.3 Å². The van der Waals surface area contributed by atoms with Crippen molar-refractivity contribution in [3.05, 3.63) is 66.7 Å². The lowest BCUT2D eigenvalue weighted by Crippen LogP contribution is -2.19. The number of rotatable bonds is 1. The van der Waals surface area contributed by atoms with E-state index in [-0.39, 0.29) is 0 Å². The smallest absolute Gasteiger partial charge is 0.153 e. The molecule has 1 heterocycles. The van der Waals surface area contributed by atoms with Gasteiger partial charge in [0.2, 0.25) is 0 Å². The molecule has 4 aromatic carbocycles. The Hall–Kier alpha value is -2.87. The van der Waals surface area contributed by atoms with E-state index in [0.29, 0.717) is 18.7 Å². The molecule has 1 fully saturated rings. The lowest BCUT2D eigenvalue weighted by Gasteiger charge is -2.19. The van der Waals surface area contributed by atoms with Crippen molar-refractivity contribution in [2.75, 3.05) is 18.0 Å². The molecule has 1 saturated heterocycles. The molecular formula is C22H17NO. The molecule has 2 nitrogen and oxygen atoms in total. The van der Waals surface area contributed by atoms with Gasteiger partial charge in [0, 0.05) is 24.0 Å². The molecule has 1 aliphatic rings. The van der Waals surface area contributed by atoms with E-state index in [1.54, 1.807) is 0 Å². The van der Waals surface area contributed by atoms with Crippen LogP contribution in [0.1, 0.15) is 6.42 Å². The van der Waals surface area contributed by atoms with Crippen LogP contribution in [0.4, 0.5) is 5.69 Å². The van der Waals surface area contributed by atoms with Crippen molar-refractivity contribution < 1.29 is 4.79 Å². The third kappa shape index (κ3) is 2.07. The van der Waals surface area contributed by atoms with Crippen LogP contribution in [0.5, 0.6) is 0 Å². The van der Waals surface area contributed by atoms with Crippen LogP contribution >= 0.6 is 0 Å². The Morgan fingerprint density at radius 3 is 2.08 bits per heavy atom. The maximum atomic E-state index is 11.7. The van der Waals surface area contributed by atoms with Crippen molar-refractivity contribution >= 4 is 43.8 Å². The van der Waals surface area contributed by atoms with Gasteiger partial charge in [0.05, 0.1) is 6.54 Å². The van der Waals surface area contributed by atoms with Crippen LogP contribution in [0.25, 0.3) is 32.3 Å². The SMILES string of the molecule is O=C1CCN(c2cccc3cc4cc5ccccc5cc4cc23)C1. The van der Waals surface area contributed by atoms with Gasteiger partial charge in [0.25, 0.3) is 0 Å². The number of ketones is 1. The second-order valence-corrected chi connectivity index (χ2v) is 6.61. The average molecular weight is 311 g/mol. The minimum atomic E-state index is 0.332. The summed E-state index contributed by atoms with van der Waals surface area (Å²) in [7, 11) is 0. The highest BCUT2D eigenvalue weighted by atomic mass is 16.1. The average Bonchev–Trinajstić information content (AvgIpc) is 3.04. The molecule has 0 N–H and O–H groups in total. The normalized spacial score (nSPS) is 15.0. The molecule has 0 radical (unpaired) electrons. The molecule has 116 valence electrons. The van der Waals surface area contributed by atoms with Crippen LogP contribution in [-0.4, -0.2) is 18.9 Å². The summed E-state index contributed by atoms with van der Waals surface area (Å²) in [5.41, 5.74) is 1.17. The van der Waals surface area contributed by atoms with Crippen molar-refractivity contribution in [3.63, 3.8) is 0 Å². The number of hydrogen-bond donors (Lipinski definition) is 0. The fourth-order valence-corrected chi connectivity index (χ4v) is 3.81. The number of carbonyl (C=O) groups excluding carboxylic acids is 1. The van der Waals surface area contributed by atoms with E-state index < -0.39 is 0 Å². The third-order valence-corrected chi connectivity index (χ3v) is 5.05. The second kappa shape index (κ2) is 5.07. The van der Waals surface area contributed by atoms with Gasteiger partial charge in [-0.15, -0.1) is 0 Å². The van der Waals surface area contributed by atoms with Gasteiger partial charge in [0.1, 0.15) is 0 Å². The van der Waals surface area contributed by atoms with E-state index in [1.165, 1.54) is 38.0 Å². The molecule has 5 rings (SSSR count). The summed E-state index contributed by atoms with van der Waals surface area (Å²) in [4.78, 5) is 13.9. The highest BCUT2D eigenvalue weighted by Gasteiger charge is 2.21. The molecule has 4 aromatic rings. The number of benzene rings is 4. The summed E-state index contributed by atoms with van der Waals surface area (Å²) in [5.74, 6) is 0.332. The summed E-state index contributed by atoms with van der Waals surface area (Å²) in [6.07, 6.45) is 0.661. The van der Waals surface area contributed by atoms with Crippen LogP contribution in [-0.2, 0) is 4.79 Å². The first-order valence-corrected chi connectivity index (χ1v) is 8.40. The summed E-state index contributed by atoms with van der Waals surface area (Å²) in [6, 6.07) is 23.9. The zero-order chi connectivity index (χ0) is 16.1. The number of anilines is 1. The van der Waals surface area contributed by atoms with Crippen LogP contribution in [0.2, 0.25) is 0 Å². The van der Waals surface area contributed by atoms with E-state index in [1.807, 2.05) is 0 Å². The van der Waals surface area contributed by atoms with Crippen molar-refractivity contribution in [1.82, 2.24) is 0 Å². The van der Waals surface area contributed by atoms with Gasteiger partial charge >= 0.3 is 0 Å². The lowest BCUT2D eigenvalue weighted by atomic mass is 9.99. The molecule has 0 bridgehead atoms. The molecule has 0 aromatic heterocycles. The highest BCUT2D eigenvalue weighted by molar-refractivity contribution is 6.08. The Labute approximate surface area is 140 Å². The van der Waals surface area contributed by atoms with E-state index in [0.717, 1.165) is 6.54 Å². The van der Waals surface area contributed by atoms with Gasteiger partial charge in [0.15, 0.2) is 5.78 Å². The molecule has 1 aliphatic heterocycles. The molecule has 0 spiro atoms. The Morgan fingerprint density at radius 1 is 0.708 bits per heavy atom. The standard InChI is InChI=1S/C22H17NO/c24-20-8-9-23(14-20)22-7-3-6-17-12-18-10-15-4-1-2-5-16(15)11-19(18)13-21(17)22/h1-7,10-13H,8-9,14H2. The second-order valence-electron chi connectivity index (χ2n) is 6.61. The molecule has 0 saturated carbocycles. The number of nitrogens with zero attached hydrogens (tertiary/aromatic N) is 1. The number of Topliss-reactive ketones (excluding diaryl/α,β-unsaturated/α-hetero) is 1. The first-order chi connectivity index (χ1) is 11.8. The predicted octanol–water partition coefficient (Wildman–Crippen LogP) is 4.93. The highest BCUT2D eigenvalue weighted by Crippen LogP contribution is 2.33. The van der Waals surface area contributed by atoms with E-state index in [9.17, 15) is 4.79 Å². The fourth-order valence-electron chi connectivity index (χ4n) is 3.81. The lowest BCUT2D eigenvalue weighted by molar-refractivity contribution is -0.116. The van der Waals surface area contributed by atoms with Crippen LogP contribution in [0, 0.1) is 0 Å². The minimum absolute atomic E-state index is 0.332. The summed E-state index contributed by atoms with van der Waals surface area (Å²) < 4.78 is 0. The van der Waals surface area contributed by atoms with E-state index in [2.05, 4.69) is 71.6 Å². The molecule has 24 heavy (non-hydrogen) atoms. The van der Waals surface area contributed by atoms with Gasteiger partial charge in [-0.3, -0.25) is 4.79 Å². The zero-order valence-corrected chi connectivity index (χ0v) is 13.3. The molecular weight excluding hydrogens is 294 g/mol. The fraction of sp³-hybridized carbons (Fsp3) is 0.136. The molecule has 0 aliphatic carbocycles. The quantitative estimate of drug-likeness (QED) is 0.465. The molecule has 0 unspecified atom stereocenters. The summed E-state index contributed by atoms with van der Waals surface area (Å²) >= 11 is 0. The Kier molecular flexibility index (Phi) is 2.86. The van der Waals surface area contributed by atoms with Gasteiger partial charge in [-0.05, 0) is 57.3 Å². The maximum absolute atomic E-state index is 11.7. The summed E-state index contributed by atoms with van der Waals surface area (Å²) in [5, 5.41) is 7.50. The van der Waals surface area contributed by atoms with Gasteiger partial charge in [-0.1, -0.05) is 36.4 Å². The number of fused-ring (bicyclic) bond motifs is 3. The Bertz CT molecular complexity index is 1110. The van der Waals surface area contributed by atoms with Gasteiger partial charge in [-0.2, -0.15) is 0 Å². The van der Waals surface area contributed by atoms with Crippen molar-refractivity contribution in [2.45, 2.75) is 6.42 Å². The van der Waals surface area contributed by atoms with Crippen LogP contribution in [0.3, 0.4) is 0 Å². The Balaban J connectivity index is 1.79. The first-order valence-electron chi connectivity index (χ1n) is 8.40. The van der Waals surface area contributed by atoms with Crippen LogP contribution < -0.4 is 4.90 Å². The minimum Gasteiger partial charge on any atom is -0.363 e. The van der Waals surface area contributed by atoms with Crippen molar-refractivity contribution in [2.24, 2.45) is 0 Å². The predicted molar refractivity (Wildman–Crippen MR) is 101 cm³/mol. The Morgan fingerprint density at radius 2 is 1.38 bits per heavy atom. The van der Waals surface area contributed by atoms with Gasteiger partial charge < -0.3 is 4.90 Å². The van der Waals surface area contributed by atoms with Crippen molar-refractivity contribution in [1.29, 1.82) is 0 Å². The molecule has 2 heteroatoms. The monoisotopic (exact) mass is 311 g/mol. The first kappa shape index (κ1) is 13.6. The number of carbonyl (C=O) groups is 1. The largest absolute Gasteiger partial charge is 0.363 e. The van der Waals surface area contributed by atoms with Gasteiger partial charge in [-0.25, -0.2) is 0 Å². The molecule has 0 amide bonds. The number of hydrogen-bond acceptors (Lipinski definition) is 2. The summed E-state index contributed by atoms with van der Waals surface area (Å²) in [6.45, 7) is 1.36. The zero-order valence-electron chi connectivity index (χ0n) is 13.3. The molecule has 0 atom stereocenters. The van der Waals surface area contributed by atoms with Crippen molar-refractivity contribution in [3.8, 4) is 0 Å². The maximum Gasteiger partial charge on any atom is 0.153 e. The van der Waals surface area contributed by atoms with Crippen LogP contribution in [0.15, 0.2) is 66.7 Å². The van der Waals surface area contributed by atoms with E-state index >= 15 is 0 Å². The third-order valence-electron chi connectivity index (χ3n) is 5.05.